The molecule has 0 aromatic carbocycles. The van der Waals surface area contributed by atoms with Crippen molar-refractivity contribution in [2.45, 2.75) is 32.0 Å². The Morgan fingerprint density at radius 3 is 2.85 bits per heavy atom. The van der Waals surface area contributed by atoms with Crippen LogP contribution in [0.5, 0.6) is 0 Å². The Morgan fingerprint density at radius 1 is 1.40 bits per heavy atom. The highest BCUT2D eigenvalue weighted by atomic mass is 16.5. The molecule has 0 bridgehead atoms. The summed E-state index contributed by atoms with van der Waals surface area (Å²) in [6.45, 7) is 7.63. The van der Waals surface area contributed by atoms with Gasteiger partial charge in [0.1, 0.15) is 5.69 Å². The van der Waals surface area contributed by atoms with Crippen molar-refractivity contribution in [2.24, 2.45) is 7.05 Å². The van der Waals surface area contributed by atoms with Crippen molar-refractivity contribution >= 4 is 5.91 Å². The largest absolute Gasteiger partial charge is 0.373 e. The number of nitrogens with zero attached hydrogens (tertiary/aromatic N) is 3. The number of hydrogen-bond acceptors (Lipinski definition) is 3. The molecular weight excluding hydrogens is 254 g/mol. The van der Waals surface area contributed by atoms with Crippen LogP contribution in [0.15, 0.2) is 18.3 Å². The van der Waals surface area contributed by atoms with Gasteiger partial charge in [0.15, 0.2) is 0 Å². The number of morpholine rings is 1. The van der Waals surface area contributed by atoms with Crippen LogP contribution in [0.2, 0.25) is 0 Å². The molecule has 1 aromatic heterocycles. The molecule has 5 heteroatoms. The molecule has 5 nitrogen and oxygen atoms in total. The third-order valence-electron chi connectivity index (χ3n) is 4.46. The molecule has 0 spiro atoms. The third-order valence-corrected chi connectivity index (χ3v) is 4.46. The lowest BCUT2D eigenvalue weighted by atomic mass is 10.1. The predicted molar refractivity (Wildman–Crippen MR) is 76.7 cm³/mol. The first kappa shape index (κ1) is 13.6. The topological polar surface area (TPSA) is 37.7 Å². The lowest BCUT2D eigenvalue weighted by Crippen LogP contribution is -2.53. The molecule has 0 radical (unpaired) electrons. The molecule has 2 atom stereocenters. The van der Waals surface area contributed by atoms with Crippen LogP contribution in [0.4, 0.5) is 0 Å². The van der Waals surface area contributed by atoms with Gasteiger partial charge in [0.05, 0.1) is 18.8 Å². The minimum atomic E-state index is 0.110. The Bertz CT molecular complexity index is 497. The van der Waals surface area contributed by atoms with Crippen LogP contribution < -0.4 is 0 Å². The second-order valence-corrected chi connectivity index (χ2v) is 6.02. The molecule has 2 aliphatic rings. The zero-order valence-electron chi connectivity index (χ0n) is 12.5. The Balaban J connectivity index is 1.75. The van der Waals surface area contributed by atoms with Crippen molar-refractivity contribution < 1.29 is 9.53 Å². The van der Waals surface area contributed by atoms with Crippen molar-refractivity contribution in [3.63, 3.8) is 0 Å². The minimum absolute atomic E-state index is 0.110. The van der Waals surface area contributed by atoms with Gasteiger partial charge in [0, 0.05) is 38.9 Å². The lowest BCUT2D eigenvalue weighted by Gasteiger charge is -2.39. The Morgan fingerprint density at radius 2 is 2.20 bits per heavy atom. The van der Waals surface area contributed by atoms with E-state index in [1.54, 1.807) is 0 Å². The highest BCUT2D eigenvalue weighted by Crippen LogP contribution is 2.25. The third kappa shape index (κ3) is 2.25. The van der Waals surface area contributed by atoms with Gasteiger partial charge >= 0.3 is 0 Å². The number of carbonyl (C=O) groups excluding carboxylic acids is 1. The van der Waals surface area contributed by atoms with E-state index in [2.05, 4.69) is 18.7 Å². The number of hydrogen-bond donors (Lipinski definition) is 0. The van der Waals surface area contributed by atoms with E-state index in [0.717, 1.165) is 25.4 Å². The maximum atomic E-state index is 12.6. The fourth-order valence-corrected chi connectivity index (χ4v) is 3.37. The number of amides is 1. The van der Waals surface area contributed by atoms with Crippen molar-refractivity contribution in [1.82, 2.24) is 14.4 Å². The van der Waals surface area contributed by atoms with Gasteiger partial charge in [-0.15, -0.1) is 0 Å². The maximum absolute atomic E-state index is 12.6. The number of carbonyl (C=O) groups is 1. The first-order valence-corrected chi connectivity index (χ1v) is 7.36. The number of fused-ring (bicyclic) bond motifs is 1. The summed E-state index contributed by atoms with van der Waals surface area (Å²) in [7, 11) is 1.91. The van der Waals surface area contributed by atoms with Crippen LogP contribution in [-0.4, -0.2) is 64.7 Å². The van der Waals surface area contributed by atoms with Gasteiger partial charge in [0.25, 0.3) is 5.91 Å². The summed E-state index contributed by atoms with van der Waals surface area (Å²) in [6.07, 6.45) is 2.07. The zero-order chi connectivity index (χ0) is 14.3. The molecular formula is C15H23N3O2. The van der Waals surface area contributed by atoms with E-state index in [1.165, 1.54) is 0 Å². The fourth-order valence-electron chi connectivity index (χ4n) is 3.37. The molecule has 2 fully saturated rings. The van der Waals surface area contributed by atoms with E-state index in [0.29, 0.717) is 18.6 Å². The van der Waals surface area contributed by atoms with E-state index in [1.807, 2.05) is 34.8 Å². The predicted octanol–water partition coefficient (Wildman–Crippen LogP) is 0.959. The highest BCUT2D eigenvalue weighted by Gasteiger charge is 2.42. The number of ether oxygens (including phenoxy) is 1. The summed E-state index contributed by atoms with van der Waals surface area (Å²) >= 11 is 0. The zero-order valence-corrected chi connectivity index (χ0v) is 12.5. The molecule has 2 saturated heterocycles. The first-order chi connectivity index (χ1) is 9.58. The average Bonchev–Trinajstić information content (AvgIpc) is 3.02. The molecule has 3 heterocycles. The first-order valence-electron chi connectivity index (χ1n) is 7.36. The Kier molecular flexibility index (Phi) is 3.56. The Hall–Kier alpha value is -1.33. The highest BCUT2D eigenvalue weighted by molar-refractivity contribution is 5.93. The average molecular weight is 277 g/mol. The molecule has 2 aliphatic heterocycles. The normalized spacial score (nSPS) is 27.1. The second-order valence-electron chi connectivity index (χ2n) is 6.02. The molecule has 0 unspecified atom stereocenters. The van der Waals surface area contributed by atoms with Crippen molar-refractivity contribution in [3.05, 3.63) is 24.0 Å². The molecule has 20 heavy (non-hydrogen) atoms. The standard InChI is InChI=1S/C15H23N3O2/c1-11(2)18-7-8-20-14-10-17(9-13(14)18)15(19)12-5-4-6-16(12)3/h4-6,11,13-14H,7-10H2,1-3H3/t13-,14+/m1/s1. The van der Waals surface area contributed by atoms with E-state index in [4.69, 9.17) is 4.74 Å². The van der Waals surface area contributed by atoms with E-state index in [-0.39, 0.29) is 12.0 Å². The summed E-state index contributed by atoms with van der Waals surface area (Å²) < 4.78 is 7.75. The molecule has 3 rings (SSSR count). The van der Waals surface area contributed by atoms with E-state index < -0.39 is 0 Å². The lowest BCUT2D eigenvalue weighted by molar-refractivity contribution is -0.0582. The van der Waals surface area contributed by atoms with Crippen LogP contribution in [-0.2, 0) is 11.8 Å². The van der Waals surface area contributed by atoms with Crippen molar-refractivity contribution in [1.29, 1.82) is 0 Å². The van der Waals surface area contributed by atoms with Crippen LogP contribution in [0.25, 0.3) is 0 Å². The maximum Gasteiger partial charge on any atom is 0.270 e. The van der Waals surface area contributed by atoms with Crippen LogP contribution in [0.3, 0.4) is 0 Å². The monoisotopic (exact) mass is 277 g/mol. The van der Waals surface area contributed by atoms with Gasteiger partial charge in [0.2, 0.25) is 0 Å². The SMILES string of the molecule is CC(C)N1CCO[C@H]2CN(C(=O)c3cccn3C)C[C@H]21. The van der Waals surface area contributed by atoms with Gasteiger partial charge in [-0.2, -0.15) is 0 Å². The molecule has 0 aliphatic carbocycles. The van der Waals surface area contributed by atoms with Gasteiger partial charge in [-0.05, 0) is 26.0 Å². The van der Waals surface area contributed by atoms with Gasteiger partial charge in [-0.25, -0.2) is 0 Å². The summed E-state index contributed by atoms with van der Waals surface area (Å²) in [4.78, 5) is 17.0. The van der Waals surface area contributed by atoms with Gasteiger partial charge < -0.3 is 14.2 Å². The minimum Gasteiger partial charge on any atom is -0.373 e. The van der Waals surface area contributed by atoms with Crippen molar-refractivity contribution in [3.8, 4) is 0 Å². The summed E-state index contributed by atoms with van der Waals surface area (Å²) in [5, 5.41) is 0. The van der Waals surface area contributed by atoms with Crippen LogP contribution in [0, 0.1) is 0 Å². The summed E-state index contributed by atoms with van der Waals surface area (Å²) in [6, 6.07) is 4.63. The number of aromatic nitrogens is 1. The van der Waals surface area contributed by atoms with E-state index >= 15 is 0 Å². The smallest absolute Gasteiger partial charge is 0.270 e. The van der Waals surface area contributed by atoms with Crippen LogP contribution >= 0.6 is 0 Å². The molecule has 1 amide bonds. The van der Waals surface area contributed by atoms with E-state index in [9.17, 15) is 4.79 Å². The fraction of sp³-hybridized carbons (Fsp3) is 0.667. The number of likely N-dealkylation sites (tertiary alicyclic amines) is 1. The van der Waals surface area contributed by atoms with Crippen LogP contribution in [0.1, 0.15) is 24.3 Å². The molecule has 110 valence electrons. The Labute approximate surface area is 120 Å². The molecule has 1 aromatic rings. The quantitative estimate of drug-likeness (QED) is 0.808. The number of aryl methyl sites for hydroxylation is 1. The van der Waals surface area contributed by atoms with Gasteiger partial charge in [-0.1, -0.05) is 0 Å². The second kappa shape index (κ2) is 5.22. The summed E-state index contributed by atoms with van der Waals surface area (Å²) in [5.41, 5.74) is 0.750. The van der Waals surface area contributed by atoms with Crippen molar-refractivity contribution in [2.75, 3.05) is 26.2 Å². The molecule has 0 saturated carbocycles. The number of rotatable bonds is 2. The summed E-state index contributed by atoms with van der Waals surface area (Å²) in [5.74, 6) is 0.110. The van der Waals surface area contributed by atoms with Gasteiger partial charge in [-0.3, -0.25) is 9.69 Å². The molecule has 0 N–H and O–H groups in total.